The van der Waals surface area contributed by atoms with Crippen molar-refractivity contribution in [1.82, 2.24) is 63.1 Å². The first-order valence-electron chi connectivity index (χ1n) is 24.9. The van der Waals surface area contributed by atoms with Crippen LogP contribution in [0.25, 0.3) is 0 Å². The molecule has 14 heterocycles. The molecule has 0 aliphatic carbocycles. The van der Waals surface area contributed by atoms with Gasteiger partial charge in [0, 0.05) is 106 Å². The quantitative estimate of drug-likeness (QED) is 0.137. The summed E-state index contributed by atoms with van der Waals surface area (Å²) in [4.78, 5) is 25.4. The van der Waals surface area contributed by atoms with Crippen LogP contribution in [0.4, 0.5) is 0 Å². The van der Waals surface area contributed by atoms with Crippen molar-refractivity contribution in [3.05, 3.63) is 259 Å². The van der Waals surface area contributed by atoms with E-state index in [1.54, 1.807) is 128 Å². The molecule has 20 nitrogen and oxygen atoms in total. The molecule has 14 aromatic rings. The number of hydrogen-bond acceptors (Lipinski definition) is 25. The van der Waals surface area contributed by atoms with E-state index >= 15 is 0 Å². The smallest absolute Gasteiger partial charge is 0.190 e. The molecular weight excluding hydrogens is 1180 g/mol. The highest BCUT2D eigenvalue weighted by atomic mass is 32.1. The van der Waals surface area contributed by atoms with E-state index in [0.29, 0.717) is 0 Å². The van der Waals surface area contributed by atoms with Gasteiger partial charge in [0.25, 0.3) is 0 Å². The second-order valence-corrected chi connectivity index (χ2v) is 21.4. The maximum atomic E-state index is 4.72. The van der Waals surface area contributed by atoms with Gasteiger partial charge < -0.3 is 35.8 Å². The molecule has 0 N–H and O–H groups in total. The third kappa shape index (κ3) is 48.3. The zero-order valence-electron chi connectivity index (χ0n) is 49.5. The Morgan fingerprint density at radius 1 is 0.488 bits per heavy atom. The summed E-state index contributed by atoms with van der Waals surface area (Å²) in [6, 6.07) is 13.5. The van der Waals surface area contributed by atoms with Crippen molar-refractivity contribution >= 4 is 68.6 Å². The Labute approximate surface area is 515 Å². The molecule has 14 rings (SSSR count). The summed E-state index contributed by atoms with van der Waals surface area (Å²) in [7, 11) is 2.00. The third-order valence-corrected chi connectivity index (χ3v) is 12.3. The molecule has 448 valence electrons. The van der Waals surface area contributed by atoms with Gasteiger partial charge in [0.15, 0.2) is 18.7 Å². The van der Waals surface area contributed by atoms with E-state index in [4.69, 9.17) is 13.3 Å². The Balaban J connectivity index is 0.000000452. The van der Waals surface area contributed by atoms with Gasteiger partial charge in [-0.05, 0) is 159 Å². The van der Waals surface area contributed by atoms with E-state index in [9.17, 15) is 0 Å². The van der Waals surface area contributed by atoms with Gasteiger partial charge in [0.1, 0.15) is 36.6 Å². The van der Waals surface area contributed by atoms with Gasteiger partial charge in [0.2, 0.25) is 0 Å². The maximum Gasteiger partial charge on any atom is 0.190 e. The van der Waals surface area contributed by atoms with Crippen LogP contribution in [0.2, 0.25) is 0 Å². The standard InChI is InChI=1S/C5H7N.C5H6O.6C4H5NO.6C4H5NS/c1-6-4-2-3-5-6;1-5-2-3-6-4-5;1-4-2-6-3-5-4;1-4-2-5-3-6-4;1-4-2-5-6-3-4;1-4-5-2-3-6-4;1-4-2-3-6-5-4;1-4-2-3-5-6-4;1-4-2-6-3-5-4;1-4-2-5-3-6-4;1-4-2-5-6-3-4;1-4-5-2-3-6-4;1-4-2-3-6-5-4;1-4-2-3-5-6-4/h2-5H,1H3;2-4H,1H3;12*2-3H,1H3. The molecule has 0 amide bonds. The van der Waals surface area contributed by atoms with Gasteiger partial charge in [0.05, 0.1) is 70.4 Å². The number of furan rings is 1. The molecule has 0 saturated heterocycles. The van der Waals surface area contributed by atoms with E-state index < -0.39 is 0 Å². The molecule has 0 aromatic carbocycles. The molecular formula is C58H73N13O7S6. The van der Waals surface area contributed by atoms with E-state index in [-0.39, 0.29) is 0 Å². The number of thiazole rings is 3. The Hall–Kier alpha value is -8.40. The van der Waals surface area contributed by atoms with Crippen LogP contribution in [0.3, 0.4) is 0 Å². The Morgan fingerprint density at radius 2 is 1.30 bits per heavy atom. The third-order valence-electron chi connectivity index (χ3n) is 8.13. The minimum atomic E-state index is 0.718. The van der Waals surface area contributed by atoms with Crippen LogP contribution in [-0.4, -0.2) is 63.1 Å². The average molecular weight is 1260 g/mol. The van der Waals surface area contributed by atoms with Gasteiger partial charge in [-0.3, -0.25) is 15.0 Å². The molecule has 0 fully saturated rings. The second-order valence-electron chi connectivity index (χ2n) is 16.2. The lowest BCUT2D eigenvalue weighted by molar-refractivity contribution is 0.397. The Bertz CT molecular complexity index is 2420. The van der Waals surface area contributed by atoms with Gasteiger partial charge in [-0.1, -0.05) is 15.5 Å². The minimum Gasteiger partial charge on any atom is -0.472 e. The van der Waals surface area contributed by atoms with Crippen molar-refractivity contribution in [2.24, 2.45) is 7.05 Å². The number of aromatic nitrogens is 13. The van der Waals surface area contributed by atoms with Crippen LogP contribution in [0, 0.1) is 90.0 Å². The zero-order valence-corrected chi connectivity index (χ0v) is 54.4. The summed E-state index contributed by atoms with van der Waals surface area (Å²) in [6.07, 6.45) is 30.4. The number of rotatable bonds is 0. The summed E-state index contributed by atoms with van der Waals surface area (Å²) < 4.78 is 46.0. The van der Waals surface area contributed by atoms with Crippen molar-refractivity contribution in [1.29, 1.82) is 0 Å². The van der Waals surface area contributed by atoms with Crippen LogP contribution in [0.15, 0.2) is 219 Å². The zero-order chi connectivity index (χ0) is 61.7. The van der Waals surface area contributed by atoms with Crippen LogP contribution in [-0.2, 0) is 7.05 Å². The number of aryl methyl sites for hydroxylation is 14. The fourth-order valence-corrected chi connectivity index (χ4v) is 6.93. The van der Waals surface area contributed by atoms with E-state index in [0.717, 1.165) is 50.8 Å². The highest BCUT2D eigenvalue weighted by Crippen LogP contribution is 2.02. The monoisotopic (exact) mass is 1260 g/mol. The first-order chi connectivity index (χ1) is 40.5. The SMILES string of the molecule is Cc1ccno1.Cc1ccns1.Cc1ccoc1.Cc1ccon1.Cc1ccsn1.Cc1cnco1.Cc1cncs1.Cc1cnoc1.Cc1cnsc1.Cc1cocn1.Cc1cscn1.Cc1ncco1.Cc1nccs1.Cn1cccc1. The summed E-state index contributed by atoms with van der Waals surface area (Å²) >= 11 is 9.47. The fourth-order valence-electron chi connectivity index (χ4n) is 4.07. The summed E-state index contributed by atoms with van der Waals surface area (Å²) in [5, 5.41) is 19.5. The molecule has 0 aliphatic rings. The highest BCUT2D eigenvalue weighted by molar-refractivity contribution is 7.09. The van der Waals surface area contributed by atoms with Crippen LogP contribution >= 0.6 is 68.6 Å². The van der Waals surface area contributed by atoms with Crippen LogP contribution in [0.5, 0.6) is 0 Å². The molecule has 0 radical (unpaired) electrons. The van der Waals surface area contributed by atoms with E-state index in [1.165, 1.54) is 68.3 Å². The number of hydrogen-bond donors (Lipinski definition) is 0. The number of oxazole rings is 3. The normalized spacial score (nSPS) is 8.83. The molecule has 0 saturated carbocycles. The van der Waals surface area contributed by atoms with Gasteiger partial charge in [-0.15, -0.1) is 34.0 Å². The largest absolute Gasteiger partial charge is 0.472 e. The van der Waals surface area contributed by atoms with Crippen molar-refractivity contribution in [3.63, 3.8) is 0 Å². The summed E-state index contributed by atoms with van der Waals surface area (Å²) in [6.45, 7) is 25.3. The van der Waals surface area contributed by atoms with Gasteiger partial charge in [-0.25, -0.2) is 23.7 Å². The lowest BCUT2D eigenvalue weighted by Crippen LogP contribution is -1.75. The molecule has 0 spiro atoms. The average Bonchev–Trinajstić information content (AvgIpc) is 4.27. The van der Waals surface area contributed by atoms with Crippen molar-refractivity contribution in [2.75, 3.05) is 0 Å². The van der Waals surface area contributed by atoms with Crippen molar-refractivity contribution in [2.45, 2.75) is 90.0 Å². The van der Waals surface area contributed by atoms with Crippen molar-refractivity contribution in [3.8, 4) is 0 Å². The Morgan fingerprint density at radius 3 is 1.46 bits per heavy atom. The van der Waals surface area contributed by atoms with Gasteiger partial charge >= 0.3 is 0 Å². The van der Waals surface area contributed by atoms with Gasteiger partial charge in [-0.2, -0.15) is 4.37 Å². The molecule has 26 heteroatoms. The highest BCUT2D eigenvalue weighted by Gasteiger charge is 1.84. The lowest BCUT2D eigenvalue weighted by Gasteiger charge is -1.79. The maximum absolute atomic E-state index is 4.72. The van der Waals surface area contributed by atoms with Crippen LogP contribution in [0.1, 0.15) is 71.6 Å². The predicted octanol–water partition coefficient (Wildman–Crippen LogP) is 17.2. The molecule has 14 aromatic heterocycles. The second kappa shape index (κ2) is 50.3. The van der Waals surface area contributed by atoms with E-state index in [1.807, 2.05) is 182 Å². The molecule has 84 heavy (non-hydrogen) atoms. The fraction of sp³-hybridized carbons (Fsp3) is 0.241. The lowest BCUT2D eigenvalue weighted by atomic mass is 10.4. The summed E-state index contributed by atoms with van der Waals surface area (Å²) in [5.41, 5.74) is 11.2. The molecule has 0 bridgehead atoms. The predicted molar refractivity (Wildman–Crippen MR) is 337 cm³/mol. The summed E-state index contributed by atoms with van der Waals surface area (Å²) in [5.74, 6) is 2.43. The molecule has 0 aliphatic heterocycles. The number of nitrogens with zero attached hydrogens (tertiary/aromatic N) is 13. The minimum absolute atomic E-state index is 0.718. The first kappa shape index (κ1) is 73.6. The topological polar surface area (TPSA) is 252 Å². The first-order valence-corrected chi connectivity index (χ1v) is 30.0. The Kier molecular flexibility index (Phi) is 44.1. The van der Waals surface area contributed by atoms with Crippen molar-refractivity contribution < 1.29 is 31.2 Å². The molecule has 0 unspecified atom stereocenters. The molecule has 0 atom stereocenters. The van der Waals surface area contributed by atoms with Crippen LogP contribution < -0.4 is 0 Å². The van der Waals surface area contributed by atoms with E-state index in [2.05, 4.69) is 76.5 Å².